The van der Waals surface area contributed by atoms with Crippen LogP contribution in [0, 0.1) is 11.8 Å². The Labute approximate surface area is 142 Å². The molecule has 7 heteroatoms. The molecule has 0 amide bonds. The lowest BCUT2D eigenvalue weighted by atomic mass is 10.1. The molecule has 25 heavy (non-hydrogen) atoms. The lowest BCUT2D eigenvalue weighted by Gasteiger charge is -2.13. The van der Waals surface area contributed by atoms with Crippen molar-refractivity contribution in [3.63, 3.8) is 0 Å². The number of H-pyrrole nitrogens is 1. The Kier molecular flexibility index (Phi) is 3.89. The van der Waals surface area contributed by atoms with Crippen molar-refractivity contribution in [2.75, 3.05) is 0 Å². The minimum absolute atomic E-state index is 0.0870. The van der Waals surface area contributed by atoms with E-state index in [9.17, 15) is 18.0 Å². The summed E-state index contributed by atoms with van der Waals surface area (Å²) in [5, 5.41) is 3.05. The van der Waals surface area contributed by atoms with Crippen LogP contribution >= 0.6 is 0 Å². The van der Waals surface area contributed by atoms with Crippen LogP contribution in [0.1, 0.15) is 36.9 Å². The van der Waals surface area contributed by atoms with Crippen molar-refractivity contribution in [2.45, 2.75) is 44.9 Å². The number of alkyl halides is 3. The van der Waals surface area contributed by atoms with Crippen LogP contribution < -0.4 is 10.3 Å². The molecule has 1 N–H and O–H groups in total. The Morgan fingerprint density at radius 1 is 1.08 bits per heavy atom. The van der Waals surface area contributed by atoms with E-state index in [-0.39, 0.29) is 17.0 Å². The SMILES string of the molecule is O=c1c(CC2CC2)c(CC2CC2)[nH]n1-c1ccccc1OC(F)(F)F. The van der Waals surface area contributed by atoms with Gasteiger partial charge in [-0.25, -0.2) is 4.68 Å². The molecule has 4 rings (SSSR count). The van der Waals surface area contributed by atoms with Gasteiger partial charge >= 0.3 is 6.36 Å². The third-order valence-electron chi connectivity index (χ3n) is 4.78. The molecular formula is C18H19F3N2O2. The van der Waals surface area contributed by atoms with Gasteiger partial charge in [0, 0.05) is 11.3 Å². The van der Waals surface area contributed by atoms with Crippen LogP contribution in [0.3, 0.4) is 0 Å². The predicted octanol–water partition coefficient (Wildman–Crippen LogP) is 3.97. The minimum atomic E-state index is -4.81. The zero-order valence-corrected chi connectivity index (χ0v) is 13.6. The van der Waals surface area contributed by atoms with Gasteiger partial charge < -0.3 is 4.74 Å². The number of nitrogens with one attached hydrogen (secondary N) is 1. The van der Waals surface area contributed by atoms with E-state index in [0.29, 0.717) is 18.3 Å². The number of aromatic amines is 1. The van der Waals surface area contributed by atoms with Crippen LogP contribution in [-0.4, -0.2) is 16.1 Å². The van der Waals surface area contributed by atoms with Gasteiger partial charge in [0.1, 0.15) is 5.69 Å². The summed E-state index contributed by atoms with van der Waals surface area (Å²) in [6.45, 7) is 0. The normalized spacial score (nSPS) is 17.7. The molecule has 2 aromatic rings. The van der Waals surface area contributed by atoms with Crippen molar-refractivity contribution >= 4 is 0 Å². The van der Waals surface area contributed by atoms with Crippen molar-refractivity contribution in [3.05, 3.63) is 45.9 Å². The highest BCUT2D eigenvalue weighted by atomic mass is 19.4. The van der Waals surface area contributed by atoms with Gasteiger partial charge in [0.25, 0.3) is 5.56 Å². The highest BCUT2D eigenvalue weighted by Gasteiger charge is 2.33. The van der Waals surface area contributed by atoms with E-state index in [1.165, 1.54) is 22.9 Å². The molecule has 0 aliphatic heterocycles. The molecule has 0 spiro atoms. The van der Waals surface area contributed by atoms with Crippen LogP contribution in [0.25, 0.3) is 5.69 Å². The number of ether oxygens (including phenoxy) is 1. The lowest BCUT2D eigenvalue weighted by molar-refractivity contribution is -0.274. The lowest BCUT2D eigenvalue weighted by Crippen LogP contribution is -2.22. The first-order valence-electron chi connectivity index (χ1n) is 8.58. The van der Waals surface area contributed by atoms with Crippen LogP contribution in [0.2, 0.25) is 0 Å². The number of nitrogens with zero attached hydrogens (tertiary/aromatic N) is 1. The summed E-state index contributed by atoms with van der Waals surface area (Å²) in [5.41, 5.74) is 1.40. The van der Waals surface area contributed by atoms with Crippen LogP contribution in [0.4, 0.5) is 13.2 Å². The topological polar surface area (TPSA) is 47.0 Å². The first kappa shape index (κ1) is 16.3. The van der Waals surface area contributed by atoms with Crippen LogP contribution in [-0.2, 0) is 12.8 Å². The maximum atomic E-state index is 12.9. The van der Waals surface area contributed by atoms with E-state index in [2.05, 4.69) is 9.84 Å². The van der Waals surface area contributed by atoms with E-state index in [4.69, 9.17) is 0 Å². The Morgan fingerprint density at radius 2 is 1.72 bits per heavy atom. The Hall–Kier alpha value is -2.18. The summed E-state index contributed by atoms with van der Waals surface area (Å²) in [6, 6.07) is 5.72. The average Bonchev–Trinajstić information content (AvgIpc) is 3.43. The number of para-hydroxylation sites is 2. The monoisotopic (exact) mass is 352 g/mol. The summed E-state index contributed by atoms with van der Waals surface area (Å²) in [6.07, 6.45) is 1.19. The second-order valence-corrected chi connectivity index (χ2v) is 7.02. The summed E-state index contributed by atoms with van der Waals surface area (Å²) in [7, 11) is 0. The first-order chi connectivity index (χ1) is 11.9. The fraction of sp³-hybridized carbons (Fsp3) is 0.500. The van der Waals surface area contributed by atoms with Gasteiger partial charge in [0.15, 0.2) is 5.75 Å². The van der Waals surface area contributed by atoms with Gasteiger partial charge in [0.2, 0.25) is 0 Å². The molecule has 2 fully saturated rings. The molecule has 0 saturated heterocycles. The molecule has 2 aliphatic carbocycles. The highest BCUT2D eigenvalue weighted by Crippen LogP contribution is 2.36. The van der Waals surface area contributed by atoms with Gasteiger partial charge in [0.05, 0.1) is 0 Å². The summed E-state index contributed by atoms with van der Waals surface area (Å²) in [4.78, 5) is 12.9. The third kappa shape index (κ3) is 3.75. The van der Waals surface area contributed by atoms with Crippen molar-refractivity contribution in [1.82, 2.24) is 9.78 Å². The second kappa shape index (κ2) is 5.97. The number of hydrogen-bond donors (Lipinski definition) is 1. The van der Waals surface area contributed by atoms with Crippen molar-refractivity contribution < 1.29 is 17.9 Å². The van der Waals surface area contributed by atoms with Crippen LogP contribution in [0.15, 0.2) is 29.1 Å². The van der Waals surface area contributed by atoms with E-state index in [0.717, 1.165) is 43.4 Å². The van der Waals surface area contributed by atoms with E-state index in [1.54, 1.807) is 6.07 Å². The molecule has 1 aromatic carbocycles. The molecule has 0 atom stereocenters. The number of aromatic nitrogens is 2. The fourth-order valence-corrected chi connectivity index (χ4v) is 3.14. The van der Waals surface area contributed by atoms with Gasteiger partial charge in [-0.05, 0) is 62.5 Å². The number of halogens is 3. The molecule has 1 aromatic heterocycles. The Balaban J connectivity index is 1.74. The Morgan fingerprint density at radius 3 is 2.36 bits per heavy atom. The molecule has 2 saturated carbocycles. The number of benzene rings is 1. The summed E-state index contributed by atoms with van der Waals surface area (Å²) >= 11 is 0. The second-order valence-electron chi connectivity index (χ2n) is 7.02. The predicted molar refractivity (Wildman–Crippen MR) is 85.9 cm³/mol. The highest BCUT2D eigenvalue weighted by molar-refractivity contribution is 5.47. The van der Waals surface area contributed by atoms with Gasteiger partial charge in [-0.15, -0.1) is 13.2 Å². The van der Waals surface area contributed by atoms with E-state index < -0.39 is 6.36 Å². The number of hydrogen-bond acceptors (Lipinski definition) is 2. The quantitative estimate of drug-likeness (QED) is 0.855. The standard InChI is InChI=1S/C18H19F3N2O2/c19-18(20,21)25-16-4-2-1-3-15(16)23-17(24)13(9-11-5-6-11)14(22-23)10-12-7-8-12/h1-4,11-12,22H,5-10H2. The van der Waals surface area contributed by atoms with Crippen molar-refractivity contribution in [3.8, 4) is 11.4 Å². The zero-order chi connectivity index (χ0) is 17.6. The minimum Gasteiger partial charge on any atom is -0.403 e. The first-order valence-corrected chi connectivity index (χ1v) is 8.58. The van der Waals surface area contributed by atoms with E-state index >= 15 is 0 Å². The zero-order valence-electron chi connectivity index (χ0n) is 13.6. The van der Waals surface area contributed by atoms with Crippen molar-refractivity contribution in [2.24, 2.45) is 11.8 Å². The molecule has 134 valence electrons. The summed E-state index contributed by atoms with van der Waals surface area (Å²) in [5.74, 6) is 0.719. The molecule has 2 aliphatic rings. The van der Waals surface area contributed by atoms with Crippen molar-refractivity contribution in [1.29, 1.82) is 0 Å². The maximum absolute atomic E-state index is 12.9. The van der Waals surface area contributed by atoms with Gasteiger partial charge in [-0.2, -0.15) is 0 Å². The molecular weight excluding hydrogens is 333 g/mol. The third-order valence-corrected chi connectivity index (χ3v) is 4.78. The molecule has 0 bridgehead atoms. The molecule has 1 heterocycles. The Bertz CT molecular complexity index is 830. The molecule has 0 radical (unpaired) electrons. The average molecular weight is 352 g/mol. The maximum Gasteiger partial charge on any atom is 0.573 e. The van der Waals surface area contributed by atoms with Gasteiger partial charge in [-0.3, -0.25) is 9.89 Å². The summed E-state index contributed by atoms with van der Waals surface area (Å²) < 4.78 is 43.3. The van der Waals surface area contributed by atoms with Crippen LogP contribution in [0.5, 0.6) is 5.75 Å². The largest absolute Gasteiger partial charge is 0.573 e. The fourth-order valence-electron chi connectivity index (χ4n) is 3.14. The smallest absolute Gasteiger partial charge is 0.403 e. The number of rotatable bonds is 6. The van der Waals surface area contributed by atoms with E-state index in [1.807, 2.05) is 0 Å². The molecule has 4 nitrogen and oxygen atoms in total. The molecule has 0 unspecified atom stereocenters. The van der Waals surface area contributed by atoms with Gasteiger partial charge in [-0.1, -0.05) is 12.1 Å².